The molecule has 2 rings (SSSR count). The lowest BCUT2D eigenvalue weighted by atomic mass is 9.99. The van der Waals surface area contributed by atoms with Gasteiger partial charge in [-0.25, -0.2) is 4.39 Å². The number of β-amino-alcohol motifs (C(OH)–C–C–N with tert-alkyl or cyclic N) is 1. The van der Waals surface area contributed by atoms with Crippen LogP contribution in [0, 0.1) is 5.82 Å². The summed E-state index contributed by atoms with van der Waals surface area (Å²) in [5, 5.41) is 10.2. The third-order valence-electron chi connectivity index (χ3n) is 3.73. The lowest BCUT2D eigenvalue weighted by Crippen LogP contribution is -2.57. The van der Waals surface area contributed by atoms with E-state index in [4.69, 9.17) is 9.47 Å². The summed E-state index contributed by atoms with van der Waals surface area (Å²) in [6, 6.07) is 6.42. The van der Waals surface area contributed by atoms with Crippen molar-refractivity contribution >= 4 is 0 Å². The van der Waals surface area contributed by atoms with Gasteiger partial charge in [0.25, 0.3) is 0 Å². The molecule has 0 amide bonds. The average Bonchev–Trinajstić information content (AvgIpc) is 2.42. The maximum Gasteiger partial charge on any atom is 0.196 e. The molecular formula is C14H20FNO3. The average molecular weight is 269 g/mol. The molecule has 1 aromatic rings. The van der Waals surface area contributed by atoms with Crippen molar-refractivity contribution in [1.82, 2.24) is 4.90 Å². The van der Waals surface area contributed by atoms with Crippen LogP contribution in [0.3, 0.4) is 0 Å². The summed E-state index contributed by atoms with van der Waals surface area (Å²) in [4.78, 5) is 2.11. The summed E-state index contributed by atoms with van der Waals surface area (Å²) < 4.78 is 23.4. The molecule has 1 fully saturated rings. The second kappa shape index (κ2) is 5.96. The van der Waals surface area contributed by atoms with Crippen molar-refractivity contribution in [3.8, 4) is 0 Å². The van der Waals surface area contributed by atoms with Gasteiger partial charge in [-0.15, -0.1) is 0 Å². The van der Waals surface area contributed by atoms with Gasteiger partial charge in [-0.1, -0.05) is 12.1 Å². The number of rotatable bonds is 4. The highest BCUT2D eigenvalue weighted by Gasteiger charge is 2.42. The van der Waals surface area contributed by atoms with E-state index >= 15 is 0 Å². The molecule has 1 atom stereocenters. The van der Waals surface area contributed by atoms with Crippen LogP contribution in [0.2, 0.25) is 0 Å². The van der Waals surface area contributed by atoms with Gasteiger partial charge in [-0.05, 0) is 17.7 Å². The molecule has 4 nitrogen and oxygen atoms in total. The lowest BCUT2D eigenvalue weighted by Gasteiger charge is -2.43. The predicted molar refractivity (Wildman–Crippen MR) is 69.0 cm³/mol. The fourth-order valence-corrected chi connectivity index (χ4v) is 2.51. The number of likely N-dealkylation sites (tertiary alicyclic amines) is 1. The van der Waals surface area contributed by atoms with Crippen LogP contribution in [-0.2, 0) is 16.0 Å². The lowest BCUT2D eigenvalue weighted by molar-refractivity contribution is -0.279. The Morgan fingerprint density at radius 3 is 2.47 bits per heavy atom. The van der Waals surface area contributed by atoms with Gasteiger partial charge in [0.05, 0.1) is 0 Å². The van der Waals surface area contributed by atoms with Gasteiger partial charge in [-0.3, -0.25) is 4.90 Å². The minimum Gasteiger partial charge on any atom is -0.386 e. The molecule has 5 heteroatoms. The summed E-state index contributed by atoms with van der Waals surface area (Å²) in [5.74, 6) is -1.14. The number of benzene rings is 1. The van der Waals surface area contributed by atoms with Crippen LogP contribution in [0.1, 0.15) is 12.0 Å². The number of hydrogen-bond donors (Lipinski definition) is 1. The highest BCUT2D eigenvalue weighted by molar-refractivity contribution is 5.16. The first-order chi connectivity index (χ1) is 9.09. The van der Waals surface area contributed by atoms with Crippen LogP contribution in [0.5, 0.6) is 0 Å². The largest absolute Gasteiger partial charge is 0.386 e. The Hall–Kier alpha value is -1.01. The number of piperidine rings is 1. The standard InChI is InChI=1S/C14H20FNO3/c1-18-14(19-2)7-8-16(10-13(14)17)9-11-3-5-12(15)6-4-11/h3-6,13,17H,7-10H2,1-2H3. The van der Waals surface area contributed by atoms with Gasteiger partial charge in [0, 0.05) is 40.3 Å². The van der Waals surface area contributed by atoms with Crippen molar-refractivity contribution in [1.29, 1.82) is 0 Å². The summed E-state index contributed by atoms with van der Waals surface area (Å²) in [7, 11) is 3.09. The Kier molecular flexibility index (Phi) is 4.52. The zero-order valence-corrected chi connectivity index (χ0v) is 11.3. The molecule has 1 aliphatic rings. The highest BCUT2D eigenvalue weighted by atomic mass is 19.1. The molecule has 0 bridgehead atoms. The molecular weight excluding hydrogens is 249 g/mol. The molecule has 1 unspecified atom stereocenters. The molecule has 1 saturated heterocycles. The van der Waals surface area contributed by atoms with Gasteiger partial charge in [-0.2, -0.15) is 0 Å². The Bertz CT molecular complexity index is 406. The van der Waals surface area contributed by atoms with E-state index in [1.807, 2.05) is 0 Å². The van der Waals surface area contributed by atoms with Crippen LogP contribution in [0.4, 0.5) is 4.39 Å². The number of ether oxygens (including phenoxy) is 2. The first-order valence-corrected chi connectivity index (χ1v) is 6.35. The second-order valence-corrected chi connectivity index (χ2v) is 4.85. The SMILES string of the molecule is COC1(OC)CCN(Cc2ccc(F)cc2)CC1O. The van der Waals surface area contributed by atoms with Gasteiger partial charge in [0.2, 0.25) is 0 Å². The Morgan fingerprint density at radius 2 is 1.95 bits per heavy atom. The van der Waals surface area contributed by atoms with E-state index < -0.39 is 11.9 Å². The van der Waals surface area contributed by atoms with E-state index in [2.05, 4.69) is 4.90 Å². The molecule has 1 heterocycles. The fourth-order valence-electron chi connectivity index (χ4n) is 2.51. The molecule has 106 valence electrons. The molecule has 0 aliphatic carbocycles. The van der Waals surface area contributed by atoms with Crippen molar-refractivity contribution < 1.29 is 19.0 Å². The Labute approximate surface area is 112 Å². The first-order valence-electron chi connectivity index (χ1n) is 6.35. The van der Waals surface area contributed by atoms with Crippen LogP contribution in [-0.4, -0.2) is 49.2 Å². The monoisotopic (exact) mass is 269 g/mol. The van der Waals surface area contributed by atoms with Crippen molar-refractivity contribution in [3.63, 3.8) is 0 Å². The molecule has 1 aromatic carbocycles. The quantitative estimate of drug-likeness (QED) is 0.839. The number of halogens is 1. The third-order valence-corrected chi connectivity index (χ3v) is 3.73. The van der Waals surface area contributed by atoms with Gasteiger partial charge in [0.1, 0.15) is 11.9 Å². The van der Waals surface area contributed by atoms with E-state index in [-0.39, 0.29) is 5.82 Å². The summed E-state index contributed by atoms with van der Waals surface area (Å²) in [5.41, 5.74) is 1.02. The summed E-state index contributed by atoms with van der Waals surface area (Å²) in [6.07, 6.45) is -0.0979. The first kappa shape index (κ1) is 14.4. The zero-order valence-electron chi connectivity index (χ0n) is 11.3. The molecule has 0 aromatic heterocycles. The van der Waals surface area contributed by atoms with Crippen molar-refractivity contribution in [2.24, 2.45) is 0 Å². The number of methoxy groups -OCH3 is 2. The number of aliphatic hydroxyl groups is 1. The van der Waals surface area contributed by atoms with Crippen LogP contribution in [0.15, 0.2) is 24.3 Å². The predicted octanol–water partition coefficient (Wildman–Crippen LogP) is 1.38. The number of aliphatic hydroxyl groups excluding tert-OH is 1. The van der Waals surface area contributed by atoms with E-state index in [9.17, 15) is 9.50 Å². The van der Waals surface area contributed by atoms with E-state index in [0.717, 1.165) is 12.1 Å². The summed E-state index contributed by atoms with van der Waals surface area (Å²) in [6.45, 7) is 1.91. The van der Waals surface area contributed by atoms with Crippen LogP contribution in [0.25, 0.3) is 0 Å². The Balaban J connectivity index is 1.97. The van der Waals surface area contributed by atoms with Crippen molar-refractivity contribution in [2.45, 2.75) is 24.9 Å². The van der Waals surface area contributed by atoms with Crippen molar-refractivity contribution in [3.05, 3.63) is 35.6 Å². The molecule has 0 spiro atoms. The minimum atomic E-state index is -0.903. The molecule has 19 heavy (non-hydrogen) atoms. The Morgan fingerprint density at radius 1 is 1.32 bits per heavy atom. The maximum absolute atomic E-state index is 12.8. The van der Waals surface area contributed by atoms with Gasteiger partial charge < -0.3 is 14.6 Å². The second-order valence-electron chi connectivity index (χ2n) is 4.85. The van der Waals surface area contributed by atoms with E-state index in [1.165, 1.54) is 12.1 Å². The van der Waals surface area contributed by atoms with Gasteiger partial charge >= 0.3 is 0 Å². The van der Waals surface area contributed by atoms with Crippen LogP contribution < -0.4 is 0 Å². The molecule has 1 aliphatic heterocycles. The molecule has 1 N–H and O–H groups in total. The number of hydrogen-bond acceptors (Lipinski definition) is 4. The van der Waals surface area contributed by atoms with E-state index in [0.29, 0.717) is 19.5 Å². The number of nitrogens with zero attached hydrogens (tertiary/aromatic N) is 1. The third kappa shape index (κ3) is 3.12. The zero-order chi connectivity index (χ0) is 13.9. The van der Waals surface area contributed by atoms with Gasteiger partial charge in [0.15, 0.2) is 5.79 Å². The van der Waals surface area contributed by atoms with E-state index in [1.54, 1.807) is 26.4 Å². The highest BCUT2D eigenvalue weighted by Crippen LogP contribution is 2.27. The molecule has 0 radical (unpaired) electrons. The summed E-state index contributed by atoms with van der Waals surface area (Å²) >= 11 is 0. The fraction of sp³-hybridized carbons (Fsp3) is 0.571. The van der Waals surface area contributed by atoms with Crippen molar-refractivity contribution in [2.75, 3.05) is 27.3 Å². The van der Waals surface area contributed by atoms with Crippen LogP contribution >= 0.6 is 0 Å². The normalized spacial score (nSPS) is 23.5. The maximum atomic E-state index is 12.8. The minimum absolute atomic E-state index is 0.236. The smallest absolute Gasteiger partial charge is 0.196 e. The topological polar surface area (TPSA) is 41.9 Å². The molecule has 0 saturated carbocycles.